The summed E-state index contributed by atoms with van der Waals surface area (Å²) < 4.78 is 18.4. The molecule has 0 unspecified atom stereocenters. The van der Waals surface area contributed by atoms with Gasteiger partial charge < -0.3 is 15.8 Å². The van der Waals surface area contributed by atoms with Crippen molar-refractivity contribution in [3.05, 3.63) is 58.9 Å². The van der Waals surface area contributed by atoms with E-state index in [-0.39, 0.29) is 35.4 Å². The smallest absolute Gasteiger partial charge is 0.359 e. The molecule has 0 aliphatic carbocycles. The number of anilines is 3. The average Bonchev–Trinajstić information content (AvgIpc) is 3.07. The summed E-state index contributed by atoms with van der Waals surface area (Å²) in [5, 5.41) is 9.82. The van der Waals surface area contributed by atoms with Crippen LogP contribution >= 0.6 is 0 Å². The molecule has 0 radical (unpaired) electrons. The Hall–Kier alpha value is -3.75. The third-order valence-corrected chi connectivity index (χ3v) is 3.66. The molecule has 1 aromatic carbocycles. The molecule has 0 amide bonds. The lowest BCUT2D eigenvalue weighted by atomic mass is 10.2. The first-order valence-corrected chi connectivity index (χ1v) is 8.53. The van der Waals surface area contributed by atoms with E-state index in [0.29, 0.717) is 11.4 Å². The number of nitrogens with zero attached hydrogens (tertiary/aromatic N) is 3. The Kier molecular flexibility index (Phi) is 5.64. The number of carbonyl (C=O) groups is 1. The lowest BCUT2D eigenvalue weighted by Gasteiger charge is -2.11. The quantitative estimate of drug-likeness (QED) is 0.560. The Balaban J connectivity index is 1.99. The van der Waals surface area contributed by atoms with E-state index in [4.69, 9.17) is 10.5 Å². The van der Waals surface area contributed by atoms with Crippen molar-refractivity contribution in [2.45, 2.75) is 13.8 Å². The normalized spacial score (nSPS) is 11.0. The number of aromatic nitrogens is 4. The van der Waals surface area contributed by atoms with Crippen LogP contribution in [0.3, 0.4) is 0 Å². The number of aryl methyl sites for hydroxylation is 1. The molecule has 144 valence electrons. The van der Waals surface area contributed by atoms with E-state index in [2.05, 4.69) is 25.5 Å². The molecule has 2 heterocycles. The summed E-state index contributed by atoms with van der Waals surface area (Å²) in [6, 6.07) is 7.80. The summed E-state index contributed by atoms with van der Waals surface area (Å²) >= 11 is 0. The highest BCUT2D eigenvalue weighted by Gasteiger charge is 2.19. The fraction of sp³-hybridized carbons (Fsp3) is 0.158. The molecule has 0 saturated carbocycles. The molecule has 0 atom stereocenters. The Bertz CT molecular complexity index is 1030. The summed E-state index contributed by atoms with van der Waals surface area (Å²) in [6.45, 7) is 3.71. The van der Waals surface area contributed by atoms with Crippen LogP contribution in [0.5, 0.6) is 0 Å². The molecule has 0 spiro atoms. The molecule has 0 saturated heterocycles. The minimum atomic E-state index is -0.663. The standard InChI is InChI=1S/C19H19FN6O2/c1-3-28-19(27)17-16(21)18(24-15-9-11(2)25-26-15)23-14(22-17)8-7-12-5-4-6-13(20)10-12/h4-10H,3,21H2,1-2H3,(H2,22,23,24,25,26). The van der Waals surface area contributed by atoms with Crippen molar-refractivity contribution in [2.75, 3.05) is 17.7 Å². The van der Waals surface area contributed by atoms with E-state index in [0.717, 1.165) is 5.69 Å². The van der Waals surface area contributed by atoms with Gasteiger partial charge in [0.25, 0.3) is 0 Å². The number of hydrogen-bond donors (Lipinski definition) is 3. The number of aromatic amines is 1. The Morgan fingerprint density at radius 1 is 1.32 bits per heavy atom. The van der Waals surface area contributed by atoms with Gasteiger partial charge in [0.1, 0.15) is 11.5 Å². The first kappa shape index (κ1) is 19.0. The lowest BCUT2D eigenvalue weighted by molar-refractivity contribution is 0.0520. The molecule has 2 aromatic heterocycles. The fourth-order valence-corrected chi connectivity index (χ4v) is 2.40. The number of hydrogen-bond acceptors (Lipinski definition) is 7. The summed E-state index contributed by atoms with van der Waals surface area (Å²) in [4.78, 5) is 20.7. The van der Waals surface area contributed by atoms with Crippen LogP contribution in [0.4, 0.5) is 21.7 Å². The molecule has 0 bridgehead atoms. The van der Waals surface area contributed by atoms with Crippen molar-refractivity contribution in [1.29, 1.82) is 0 Å². The first-order chi connectivity index (χ1) is 13.5. The van der Waals surface area contributed by atoms with Gasteiger partial charge in [-0.25, -0.2) is 19.2 Å². The molecule has 3 aromatic rings. The highest BCUT2D eigenvalue weighted by atomic mass is 19.1. The second kappa shape index (κ2) is 8.30. The summed E-state index contributed by atoms with van der Waals surface area (Å²) in [5.74, 6) is -0.120. The monoisotopic (exact) mass is 382 g/mol. The highest BCUT2D eigenvalue weighted by Crippen LogP contribution is 2.24. The van der Waals surface area contributed by atoms with E-state index in [1.165, 1.54) is 12.1 Å². The van der Waals surface area contributed by atoms with Gasteiger partial charge in [-0.3, -0.25) is 5.10 Å². The number of ether oxygens (including phenoxy) is 1. The molecular formula is C19H19FN6O2. The number of nitrogens with two attached hydrogens (primary N) is 1. The fourth-order valence-electron chi connectivity index (χ4n) is 2.40. The van der Waals surface area contributed by atoms with Gasteiger partial charge in [-0.15, -0.1) is 0 Å². The van der Waals surface area contributed by atoms with Crippen LogP contribution in [0.2, 0.25) is 0 Å². The molecule has 9 heteroatoms. The summed E-state index contributed by atoms with van der Waals surface area (Å²) in [7, 11) is 0. The van der Waals surface area contributed by atoms with Crippen molar-refractivity contribution >= 4 is 35.4 Å². The predicted octanol–water partition coefficient (Wildman–Crippen LogP) is 3.32. The molecule has 0 fully saturated rings. The Morgan fingerprint density at radius 3 is 2.82 bits per heavy atom. The topological polar surface area (TPSA) is 119 Å². The van der Waals surface area contributed by atoms with E-state index < -0.39 is 5.97 Å². The minimum absolute atomic E-state index is 0.0435. The molecular weight excluding hydrogens is 363 g/mol. The van der Waals surface area contributed by atoms with E-state index in [1.807, 2.05) is 6.92 Å². The number of esters is 1. The van der Waals surface area contributed by atoms with Crippen LogP contribution in [-0.2, 0) is 4.74 Å². The maximum Gasteiger partial charge on any atom is 0.359 e. The van der Waals surface area contributed by atoms with Crippen LogP contribution < -0.4 is 11.1 Å². The molecule has 8 nitrogen and oxygen atoms in total. The average molecular weight is 382 g/mol. The Labute approximate surface area is 160 Å². The van der Waals surface area contributed by atoms with Gasteiger partial charge in [0.2, 0.25) is 0 Å². The van der Waals surface area contributed by atoms with Crippen LogP contribution in [0.15, 0.2) is 30.3 Å². The molecule has 0 aliphatic heterocycles. The van der Waals surface area contributed by atoms with E-state index in [9.17, 15) is 9.18 Å². The SMILES string of the molecule is CCOC(=O)c1nc(C=Cc2cccc(F)c2)nc(Nc2cc(C)[nH]n2)c1N. The number of halogens is 1. The van der Waals surface area contributed by atoms with E-state index in [1.54, 1.807) is 37.3 Å². The van der Waals surface area contributed by atoms with Crippen LogP contribution in [0, 0.1) is 12.7 Å². The third-order valence-electron chi connectivity index (χ3n) is 3.66. The van der Waals surface area contributed by atoms with Crippen molar-refractivity contribution < 1.29 is 13.9 Å². The van der Waals surface area contributed by atoms with Gasteiger partial charge >= 0.3 is 5.97 Å². The number of nitrogen functional groups attached to an aromatic ring is 1. The lowest BCUT2D eigenvalue weighted by Crippen LogP contribution is -2.14. The van der Waals surface area contributed by atoms with Crippen LogP contribution in [0.25, 0.3) is 12.2 Å². The number of carbonyl (C=O) groups excluding carboxylic acids is 1. The van der Waals surface area contributed by atoms with Crippen molar-refractivity contribution in [2.24, 2.45) is 0 Å². The van der Waals surface area contributed by atoms with Gasteiger partial charge in [-0.1, -0.05) is 18.2 Å². The summed E-state index contributed by atoms with van der Waals surface area (Å²) in [6.07, 6.45) is 3.18. The van der Waals surface area contributed by atoms with Gasteiger partial charge in [0.05, 0.1) is 6.61 Å². The Morgan fingerprint density at radius 2 is 2.14 bits per heavy atom. The number of benzene rings is 1. The minimum Gasteiger partial charge on any atom is -0.461 e. The molecule has 28 heavy (non-hydrogen) atoms. The molecule has 3 rings (SSSR count). The number of rotatable bonds is 6. The maximum absolute atomic E-state index is 13.3. The second-order valence-corrected chi connectivity index (χ2v) is 5.86. The van der Waals surface area contributed by atoms with Crippen LogP contribution in [0.1, 0.15) is 34.5 Å². The largest absolute Gasteiger partial charge is 0.461 e. The van der Waals surface area contributed by atoms with Gasteiger partial charge in [-0.2, -0.15) is 5.10 Å². The first-order valence-electron chi connectivity index (χ1n) is 8.53. The number of H-pyrrole nitrogens is 1. The van der Waals surface area contributed by atoms with E-state index >= 15 is 0 Å². The third kappa shape index (κ3) is 4.50. The van der Waals surface area contributed by atoms with Crippen molar-refractivity contribution in [1.82, 2.24) is 20.2 Å². The van der Waals surface area contributed by atoms with Gasteiger partial charge in [0.15, 0.2) is 23.2 Å². The van der Waals surface area contributed by atoms with Crippen LogP contribution in [-0.4, -0.2) is 32.7 Å². The predicted molar refractivity (Wildman–Crippen MR) is 104 cm³/mol. The zero-order chi connectivity index (χ0) is 20.1. The number of nitrogens with one attached hydrogen (secondary N) is 2. The molecule has 0 aliphatic rings. The highest BCUT2D eigenvalue weighted by molar-refractivity contribution is 5.96. The second-order valence-electron chi connectivity index (χ2n) is 5.86. The van der Waals surface area contributed by atoms with Crippen molar-refractivity contribution in [3.63, 3.8) is 0 Å². The summed E-state index contributed by atoms with van der Waals surface area (Å²) in [5.41, 5.74) is 7.51. The van der Waals surface area contributed by atoms with Gasteiger partial charge in [0, 0.05) is 11.8 Å². The zero-order valence-electron chi connectivity index (χ0n) is 15.4. The van der Waals surface area contributed by atoms with Gasteiger partial charge in [-0.05, 0) is 37.6 Å². The maximum atomic E-state index is 13.3. The zero-order valence-corrected chi connectivity index (χ0v) is 15.4. The molecule has 4 N–H and O–H groups in total. The van der Waals surface area contributed by atoms with Crippen molar-refractivity contribution in [3.8, 4) is 0 Å².